The Bertz CT molecular complexity index is 596. The summed E-state index contributed by atoms with van der Waals surface area (Å²) in [4.78, 5) is 9.09. The van der Waals surface area contributed by atoms with E-state index in [1.807, 2.05) is 29.2 Å². The van der Waals surface area contributed by atoms with Crippen LogP contribution in [0.4, 0.5) is 0 Å². The van der Waals surface area contributed by atoms with Crippen molar-refractivity contribution in [1.29, 1.82) is 0 Å². The number of benzene rings is 1. The Morgan fingerprint density at radius 2 is 1.86 bits per heavy atom. The van der Waals surface area contributed by atoms with Crippen molar-refractivity contribution in [1.82, 2.24) is 9.88 Å². The first-order valence-corrected chi connectivity index (χ1v) is 9.67. The molecular formula is C17H21IN2O. The lowest BCUT2D eigenvalue weighted by Gasteiger charge is -2.44. The minimum Gasteiger partial charge on any atom is -0.473 e. The average molecular weight is 396 g/mol. The molecule has 0 N–H and O–H groups in total. The van der Waals surface area contributed by atoms with E-state index in [1.165, 1.54) is 31.3 Å². The molecule has 3 saturated heterocycles. The molecule has 3 aliphatic heterocycles. The lowest BCUT2D eigenvalue weighted by molar-refractivity contribution is -0.00977. The summed E-state index contributed by atoms with van der Waals surface area (Å²) in [5.74, 6) is 1.50. The van der Waals surface area contributed by atoms with Crippen LogP contribution in [0.2, 0.25) is 0 Å². The normalized spacial score (nSPS) is 27.0. The molecule has 2 aromatic rings. The molecule has 2 bridgehead atoms. The van der Waals surface area contributed by atoms with E-state index in [0.29, 0.717) is 6.10 Å². The smallest absolute Gasteiger partial charge is 0.214 e. The molecule has 0 aliphatic carbocycles. The Morgan fingerprint density at radius 3 is 2.57 bits per heavy atom. The number of fused-ring (bicyclic) bond motifs is 4. The summed E-state index contributed by atoms with van der Waals surface area (Å²) >= 11 is 2.15. The predicted molar refractivity (Wildman–Crippen MR) is 95.3 cm³/mol. The van der Waals surface area contributed by atoms with Crippen LogP contribution < -0.4 is 4.74 Å². The molecule has 0 spiro atoms. The van der Waals surface area contributed by atoms with Crippen molar-refractivity contribution in [3.8, 4) is 5.88 Å². The highest BCUT2D eigenvalue weighted by Gasteiger charge is 2.35. The molecule has 3 nitrogen and oxygen atoms in total. The Kier molecular flexibility index (Phi) is 4.95. The molecule has 0 amide bonds. The minimum atomic E-state index is 0.330. The lowest BCUT2D eigenvalue weighted by atomic mass is 9.86. The van der Waals surface area contributed by atoms with Gasteiger partial charge in [0.1, 0.15) is 6.10 Å². The van der Waals surface area contributed by atoms with Crippen LogP contribution in [0.15, 0.2) is 36.4 Å². The van der Waals surface area contributed by atoms with Crippen LogP contribution in [-0.2, 0) is 0 Å². The molecule has 4 heterocycles. The van der Waals surface area contributed by atoms with Crippen LogP contribution in [0.1, 0.15) is 12.8 Å². The Hall–Kier alpha value is -0.880. The Balaban J connectivity index is 0.000000636. The highest BCUT2D eigenvalue weighted by Crippen LogP contribution is 2.30. The molecule has 1 aromatic heterocycles. The Labute approximate surface area is 139 Å². The van der Waals surface area contributed by atoms with Crippen LogP contribution in [-0.4, -0.2) is 40.6 Å². The minimum absolute atomic E-state index is 0.330. The summed E-state index contributed by atoms with van der Waals surface area (Å²) < 4.78 is 6.14. The quantitative estimate of drug-likeness (QED) is 0.571. The molecule has 4 heteroatoms. The zero-order chi connectivity index (χ0) is 14.7. The van der Waals surface area contributed by atoms with E-state index in [-0.39, 0.29) is 0 Å². The molecule has 0 saturated carbocycles. The maximum atomic E-state index is 6.14. The summed E-state index contributed by atoms with van der Waals surface area (Å²) in [7, 11) is 0. The second-order valence-corrected chi connectivity index (χ2v) is 5.64. The number of hydrogen-bond acceptors (Lipinski definition) is 3. The largest absolute Gasteiger partial charge is 0.473 e. The fourth-order valence-corrected chi connectivity index (χ4v) is 3.31. The van der Waals surface area contributed by atoms with E-state index in [9.17, 15) is 0 Å². The van der Waals surface area contributed by atoms with E-state index in [2.05, 4.69) is 44.6 Å². The average Bonchev–Trinajstić information content (AvgIpc) is 2.58. The fraction of sp³-hybridized carbons (Fsp3) is 0.471. The van der Waals surface area contributed by atoms with Gasteiger partial charge in [-0.1, -0.05) is 40.8 Å². The van der Waals surface area contributed by atoms with Gasteiger partial charge in [-0.15, -0.1) is 0 Å². The number of halogens is 1. The summed E-state index contributed by atoms with van der Waals surface area (Å²) in [6, 6.07) is 12.3. The maximum Gasteiger partial charge on any atom is 0.214 e. The van der Waals surface area contributed by atoms with Gasteiger partial charge < -0.3 is 4.74 Å². The van der Waals surface area contributed by atoms with Gasteiger partial charge in [-0.25, -0.2) is 4.98 Å². The molecular weight excluding hydrogens is 375 g/mol. The SMILES string of the molecule is CI.c1ccc2nc(OC3CN4CCC3CC4)ccc2c1. The second kappa shape index (κ2) is 6.92. The topological polar surface area (TPSA) is 25.4 Å². The first-order chi connectivity index (χ1) is 10.4. The molecule has 3 fully saturated rings. The van der Waals surface area contributed by atoms with E-state index < -0.39 is 0 Å². The van der Waals surface area contributed by atoms with Gasteiger partial charge in [0.2, 0.25) is 5.88 Å². The van der Waals surface area contributed by atoms with Gasteiger partial charge in [-0.2, -0.15) is 0 Å². The van der Waals surface area contributed by atoms with Crippen molar-refractivity contribution in [2.24, 2.45) is 5.92 Å². The van der Waals surface area contributed by atoms with Crippen molar-refractivity contribution >= 4 is 33.5 Å². The van der Waals surface area contributed by atoms with Crippen LogP contribution in [0.25, 0.3) is 10.9 Å². The first kappa shape index (κ1) is 15.0. The van der Waals surface area contributed by atoms with Gasteiger partial charge in [0.15, 0.2) is 0 Å². The number of hydrogen-bond donors (Lipinski definition) is 0. The molecule has 5 rings (SSSR count). The molecule has 3 aliphatic rings. The molecule has 112 valence electrons. The van der Waals surface area contributed by atoms with E-state index >= 15 is 0 Å². The van der Waals surface area contributed by atoms with Crippen LogP contribution in [0.5, 0.6) is 5.88 Å². The van der Waals surface area contributed by atoms with Crippen LogP contribution in [0.3, 0.4) is 0 Å². The van der Waals surface area contributed by atoms with Gasteiger partial charge in [-0.05, 0) is 48.9 Å². The van der Waals surface area contributed by atoms with Crippen LogP contribution in [0, 0.1) is 5.92 Å². The molecule has 1 unspecified atom stereocenters. The summed E-state index contributed by atoms with van der Waals surface area (Å²) in [5, 5.41) is 1.17. The van der Waals surface area contributed by atoms with Gasteiger partial charge in [-0.3, -0.25) is 4.90 Å². The monoisotopic (exact) mass is 396 g/mol. The van der Waals surface area contributed by atoms with E-state index in [1.54, 1.807) is 0 Å². The predicted octanol–water partition coefficient (Wildman–Crippen LogP) is 3.76. The number of para-hydroxylation sites is 1. The third-order valence-electron chi connectivity index (χ3n) is 4.44. The zero-order valence-corrected chi connectivity index (χ0v) is 14.5. The third kappa shape index (κ3) is 3.31. The highest BCUT2D eigenvalue weighted by molar-refractivity contribution is 14.1. The van der Waals surface area contributed by atoms with Crippen molar-refractivity contribution in [2.75, 3.05) is 24.6 Å². The van der Waals surface area contributed by atoms with Crippen molar-refractivity contribution in [3.05, 3.63) is 36.4 Å². The molecule has 1 atom stereocenters. The second-order valence-electron chi connectivity index (χ2n) is 5.64. The number of pyridine rings is 1. The van der Waals surface area contributed by atoms with Gasteiger partial charge in [0, 0.05) is 18.0 Å². The summed E-state index contributed by atoms with van der Waals surface area (Å²) in [5.41, 5.74) is 1.02. The number of nitrogens with zero attached hydrogens (tertiary/aromatic N) is 2. The van der Waals surface area contributed by atoms with E-state index in [0.717, 1.165) is 23.9 Å². The highest BCUT2D eigenvalue weighted by atomic mass is 127. The fourth-order valence-electron chi connectivity index (χ4n) is 3.31. The molecule has 1 aromatic carbocycles. The Morgan fingerprint density at radius 1 is 1.10 bits per heavy atom. The lowest BCUT2D eigenvalue weighted by Crippen LogP contribution is -2.52. The van der Waals surface area contributed by atoms with Crippen molar-refractivity contribution < 1.29 is 4.74 Å². The van der Waals surface area contributed by atoms with Crippen molar-refractivity contribution in [2.45, 2.75) is 18.9 Å². The summed E-state index contributed by atoms with van der Waals surface area (Å²) in [6.45, 7) is 3.56. The number of rotatable bonds is 2. The van der Waals surface area contributed by atoms with Crippen molar-refractivity contribution in [3.63, 3.8) is 0 Å². The number of piperidine rings is 3. The summed E-state index contributed by atoms with van der Waals surface area (Å²) in [6.07, 6.45) is 2.88. The van der Waals surface area contributed by atoms with Crippen LogP contribution >= 0.6 is 22.6 Å². The number of alkyl halides is 1. The maximum absolute atomic E-state index is 6.14. The third-order valence-corrected chi connectivity index (χ3v) is 4.44. The van der Waals surface area contributed by atoms with Gasteiger partial charge in [0.05, 0.1) is 5.52 Å². The van der Waals surface area contributed by atoms with E-state index in [4.69, 9.17) is 4.74 Å². The van der Waals surface area contributed by atoms with Gasteiger partial charge in [0.25, 0.3) is 0 Å². The van der Waals surface area contributed by atoms with Gasteiger partial charge >= 0.3 is 0 Å². The number of aromatic nitrogens is 1. The molecule has 0 radical (unpaired) electrons. The number of ether oxygens (including phenoxy) is 1. The first-order valence-electron chi connectivity index (χ1n) is 7.51. The molecule has 21 heavy (non-hydrogen) atoms. The standard InChI is InChI=1S/C16H18N2O.CH3I/c1-2-4-14-12(3-1)5-6-16(17-14)19-15-11-18-9-7-13(15)8-10-18;1-2/h1-6,13,15H,7-11H2;1H3. The zero-order valence-electron chi connectivity index (χ0n) is 12.3.